The molecule has 0 saturated heterocycles. The summed E-state index contributed by atoms with van der Waals surface area (Å²) in [7, 11) is 0. The number of nitro groups is 1. The zero-order valence-corrected chi connectivity index (χ0v) is 7.18. The molecule has 0 aliphatic carbocycles. The first kappa shape index (κ1) is 9.74. The molecule has 14 heavy (non-hydrogen) atoms. The normalized spacial score (nSPS) is 9.93. The number of nitrogens with zero attached hydrogens (tertiary/aromatic N) is 2. The van der Waals surface area contributed by atoms with Crippen molar-refractivity contribution in [3.8, 4) is 6.07 Å². The Hall–Kier alpha value is -2.35. The standard InChI is InChI=1S/C9H7N3O2/c10-5-1-2-7-6-8(12(13)14)3-4-9(7)11/h1-4,6H,11H2. The van der Waals surface area contributed by atoms with Gasteiger partial charge in [-0.15, -0.1) is 0 Å². The van der Waals surface area contributed by atoms with E-state index in [0.29, 0.717) is 11.3 Å². The summed E-state index contributed by atoms with van der Waals surface area (Å²) in [5.74, 6) is 0. The van der Waals surface area contributed by atoms with Gasteiger partial charge in [-0.1, -0.05) is 0 Å². The fourth-order valence-electron chi connectivity index (χ4n) is 0.947. The monoisotopic (exact) mass is 189 g/mol. The summed E-state index contributed by atoms with van der Waals surface area (Å²) in [4.78, 5) is 9.90. The molecule has 0 unspecified atom stereocenters. The molecule has 1 aromatic rings. The van der Waals surface area contributed by atoms with E-state index in [0.717, 1.165) is 0 Å². The van der Waals surface area contributed by atoms with Gasteiger partial charge in [0.25, 0.3) is 5.69 Å². The van der Waals surface area contributed by atoms with E-state index in [4.69, 9.17) is 11.0 Å². The number of nitrogen functional groups attached to an aromatic ring is 1. The van der Waals surface area contributed by atoms with Gasteiger partial charge in [0.05, 0.1) is 11.0 Å². The molecule has 0 aromatic heterocycles. The van der Waals surface area contributed by atoms with Crippen LogP contribution in [0.25, 0.3) is 6.08 Å². The second-order valence-corrected chi connectivity index (χ2v) is 2.53. The van der Waals surface area contributed by atoms with E-state index in [1.54, 1.807) is 6.07 Å². The highest BCUT2D eigenvalue weighted by atomic mass is 16.6. The van der Waals surface area contributed by atoms with Crippen LogP contribution in [0.3, 0.4) is 0 Å². The van der Waals surface area contributed by atoms with Gasteiger partial charge >= 0.3 is 0 Å². The molecule has 2 N–H and O–H groups in total. The molecule has 0 fully saturated rings. The minimum atomic E-state index is -0.511. The summed E-state index contributed by atoms with van der Waals surface area (Å²) in [5, 5.41) is 18.7. The molecule has 5 nitrogen and oxygen atoms in total. The quantitative estimate of drug-likeness (QED) is 0.331. The zero-order chi connectivity index (χ0) is 10.6. The summed E-state index contributed by atoms with van der Waals surface area (Å²) in [6, 6.07) is 5.87. The highest BCUT2D eigenvalue weighted by molar-refractivity contribution is 5.68. The highest BCUT2D eigenvalue weighted by Gasteiger charge is 2.06. The van der Waals surface area contributed by atoms with Gasteiger partial charge in [-0.3, -0.25) is 10.1 Å². The maximum atomic E-state index is 10.4. The molecule has 0 heterocycles. The Morgan fingerprint density at radius 3 is 2.86 bits per heavy atom. The van der Waals surface area contributed by atoms with Crippen molar-refractivity contribution in [2.75, 3.05) is 5.73 Å². The minimum Gasteiger partial charge on any atom is -0.398 e. The number of rotatable bonds is 2. The van der Waals surface area contributed by atoms with Gasteiger partial charge < -0.3 is 5.73 Å². The molecule has 0 amide bonds. The van der Waals surface area contributed by atoms with E-state index < -0.39 is 4.92 Å². The van der Waals surface area contributed by atoms with Crippen molar-refractivity contribution in [2.45, 2.75) is 0 Å². The van der Waals surface area contributed by atoms with Crippen LogP contribution in [-0.2, 0) is 0 Å². The smallest absolute Gasteiger partial charge is 0.270 e. The van der Waals surface area contributed by atoms with Crippen LogP contribution < -0.4 is 5.73 Å². The number of hydrogen-bond acceptors (Lipinski definition) is 4. The Kier molecular flexibility index (Phi) is 2.82. The second kappa shape index (κ2) is 4.05. The van der Waals surface area contributed by atoms with Crippen LogP contribution in [0.15, 0.2) is 24.3 Å². The number of nitriles is 1. The summed E-state index contributed by atoms with van der Waals surface area (Å²) >= 11 is 0. The van der Waals surface area contributed by atoms with E-state index in [1.807, 2.05) is 0 Å². The SMILES string of the molecule is N#CC=Cc1cc([N+](=O)[O-])ccc1N. The molecule has 0 saturated carbocycles. The van der Waals surface area contributed by atoms with Crippen molar-refractivity contribution in [2.24, 2.45) is 0 Å². The van der Waals surface area contributed by atoms with Crippen LogP contribution in [0.4, 0.5) is 11.4 Å². The molecule has 0 spiro atoms. The number of allylic oxidation sites excluding steroid dienone is 1. The molecule has 0 aliphatic rings. The molecule has 0 aliphatic heterocycles. The van der Waals surface area contributed by atoms with Gasteiger partial charge in [0, 0.05) is 29.5 Å². The largest absolute Gasteiger partial charge is 0.398 e. The van der Waals surface area contributed by atoms with Crippen molar-refractivity contribution in [3.05, 3.63) is 40.0 Å². The van der Waals surface area contributed by atoms with Crippen molar-refractivity contribution in [3.63, 3.8) is 0 Å². The maximum Gasteiger partial charge on any atom is 0.270 e. The third-order valence-electron chi connectivity index (χ3n) is 1.62. The molecular weight excluding hydrogens is 182 g/mol. The number of nitrogens with two attached hydrogens (primary N) is 1. The minimum absolute atomic E-state index is 0.0446. The molecule has 0 bridgehead atoms. The predicted octanol–water partition coefficient (Wildman–Crippen LogP) is 1.71. The van der Waals surface area contributed by atoms with E-state index >= 15 is 0 Å². The van der Waals surface area contributed by atoms with Gasteiger partial charge in [-0.2, -0.15) is 5.26 Å². The lowest BCUT2D eigenvalue weighted by atomic mass is 10.1. The molecule has 1 aromatic carbocycles. The van der Waals surface area contributed by atoms with Crippen LogP contribution >= 0.6 is 0 Å². The van der Waals surface area contributed by atoms with Crippen LogP contribution in [0.1, 0.15) is 5.56 Å². The topological polar surface area (TPSA) is 92.9 Å². The Morgan fingerprint density at radius 2 is 2.29 bits per heavy atom. The Balaban J connectivity index is 3.16. The first-order valence-corrected chi connectivity index (χ1v) is 3.75. The summed E-state index contributed by atoms with van der Waals surface area (Å²) in [6.45, 7) is 0. The molecule has 1 rings (SSSR count). The average Bonchev–Trinajstić information content (AvgIpc) is 2.16. The predicted molar refractivity (Wildman–Crippen MR) is 52.2 cm³/mol. The van der Waals surface area contributed by atoms with Gasteiger partial charge in [-0.05, 0) is 12.1 Å². The third-order valence-corrected chi connectivity index (χ3v) is 1.62. The first-order chi connectivity index (χ1) is 6.65. The van der Waals surface area contributed by atoms with Gasteiger partial charge in [0.1, 0.15) is 0 Å². The average molecular weight is 189 g/mol. The van der Waals surface area contributed by atoms with E-state index in [2.05, 4.69) is 0 Å². The number of anilines is 1. The maximum absolute atomic E-state index is 10.4. The number of nitro benzene ring substituents is 1. The molecule has 0 radical (unpaired) electrons. The Labute approximate surface area is 80.2 Å². The fraction of sp³-hybridized carbons (Fsp3) is 0. The van der Waals surface area contributed by atoms with Crippen LogP contribution in [0, 0.1) is 21.4 Å². The van der Waals surface area contributed by atoms with Crippen molar-refractivity contribution in [1.29, 1.82) is 5.26 Å². The van der Waals surface area contributed by atoms with Crippen molar-refractivity contribution < 1.29 is 4.92 Å². The Morgan fingerprint density at radius 1 is 1.57 bits per heavy atom. The summed E-state index contributed by atoms with van der Waals surface area (Å²) in [5.41, 5.74) is 6.38. The highest BCUT2D eigenvalue weighted by Crippen LogP contribution is 2.20. The zero-order valence-electron chi connectivity index (χ0n) is 7.18. The molecule has 70 valence electrons. The van der Waals surface area contributed by atoms with Crippen LogP contribution in [-0.4, -0.2) is 4.92 Å². The van der Waals surface area contributed by atoms with Crippen LogP contribution in [0.5, 0.6) is 0 Å². The van der Waals surface area contributed by atoms with Crippen molar-refractivity contribution >= 4 is 17.5 Å². The van der Waals surface area contributed by atoms with E-state index in [-0.39, 0.29) is 5.69 Å². The van der Waals surface area contributed by atoms with Crippen LogP contribution in [0.2, 0.25) is 0 Å². The lowest BCUT2D eigenvalue weighted by Crippen LogP contribution is -1.92. The lowest BCUT2D eigenvalue weighted by molar-refractivity contribution is -0.384. The second-order valence-electron chi connectivity index (χ2n) is 2.53. The van der Waals surface area contributed by atoms with Gasteiger partial charge in [0.15, 0.2) is 0 Å². The Bertz CT molecular complexity index is 432. The van der Waals surface area contributed by atoms with E-state index in [1.165, 1.54) is 30.4 Å². The first-order valence-electron chi connectivity index (χ1n) is 3.75. The van der Waals surface area contributed by atoms with Gasteiger partial charge in [0.2, 0.25) is 0 Å². The molecular formula is C9H7N3O2. The molecule has 5 heteroatoms. The number of hydrogen-bond donors (Lipinski definition) is 1. The van der Waals surface area contributed by atoms with Crippen molar-refractivity contribution in [1.82, 2.24) is 0 Å². The van der Waals surface area contributed by atoms with Gasteiger partial charge in [-0.25, -0.2) is 0 Å². The third kappa shape index (κ3) is 2.08. The number of non-ortho nitro benzene ring substituents is 1. The van der Waals surface area contributed by atoms with E-state index in [9.17, 15) is 10.1 Å². The number of benzene rings is 1. The summed E-state index contributed by atoms with van der Waals surface area (Å²) < 4.78 is 0. The fourth-order valence-corrected chi connectivity index (χ4v) is 0.947. The lowest BCUT2D eigenvalue weighted by Gasteiger charge is -1.98. The summed E-state index contributed by atoms with van der Waals surface area (Å²) in [6.07, 6.45) is 2.65. The molecule has 0 atom stereocenters.